The molecule has 2 aromatic rings. The minimum atomic E-state index is -0.0987. The lowest BCUT2D eigenvalue weighted by molar-refractivity contribution is 0.0683. The Morgan fingerprint density at radius 3 is 3.00 bits per heavy atom. The maximum Gasteiger partial charge on any atom is 0.259 e. The fourth-order valence-electron chi connectivity index (χ4n) is 3.48. The zero-order valence-corrected chi connectivity index (χ0v) is 13.5. The molecule has 4 heterocycles. The van der Waals surface area contributed by atoms with Crippen LogP contribution >= 0.6 is 0 Å². The standard InChI is InChI=1S/C16H18N4O4/c1-9-18-19-15(24-9)12-8-23-13-7-20(6-11(12)13)16(21)10-4-3-5-17-14(10)22-2/h3-5,11-13H,6-8H2,1-2H3/t11-,12+,13-/m0/s1. The van der Waals surface area contributed by atoms with Crippen molar-refractivity contribution in [1.29, 1.82) is 0 Å². The van der Waals surface area contributed by atoms with Crippen LogP contribution in [-0.4, -0.2) is 58.9 Å². The van der Waals surface area contributed by atoms with Gasteiger partial charge in [0.2, 0.25) is 17.7 Å². The smallest absolute Gasteiger partial charge is 0.259 e. The number of carbonyl (C=O) groups excluding carboxylic acids is 1. The van der Waals surface area contributed by atoms with E-state index < -0.39 is 0 Å². The number of aryl methyl sites for hydroxylation is 1. The molecule has 1 amide bonds. The van der Waals surface area contributed by atoms with Crippen molar-refractivity contribution in [3.63, 3.8) is 0 Å². The third kappa shape index (κ3) is 2.43. The van der Waals surface area contributed by atoms with Gasteiger partial charge in [0.25, 0.3) is 5.91 Å². The minimum Gasteiger partial charge on any atom is -0.480 e. The summed E-state index contributed by atoms with van der Waals surface area (Å²) in [4.78, 5) is 18.7. The molecule has 4 rings (SSSR count). The Morgan fingerprint density at radius 2 is 2.25 bits per heavy atom. The van der Waals surface area contributed by atoms with Crippen LogP contribution in [0, 0.1) is 12.8 Å². The molecular weight excluding hydrogens is 312 g/mol. The highest BCUT2D eigenvalue weighted by Crippen LogP contribution is 2.40. The highest BCUT2D eigenvalue weighted by atomic mass is 16.5. The van der Waals surface area contributed by atoms with Crippen molar-refractivity contribution in [2.24, 2.45) is 5.92 Å². The third-order valence-corrected chi connectivity index (χ3v) is 4.66. The molecule has 3 atom stereocenters. The molecule has 2 fully saturated rings. The zero-order chi connectivity index (χ0) is 16.7. The van der Waals surface area contributed by atoms with E-state index in [1.165, 1.54) is 7.11 Å². The van der Waals surface area contributed by atoms with Gasteiger partial charge in [-0.25, -0.2) is 4.98 Å². The van der Waals surface area contributed by atoms with Gasteiger partial charge in [-0.2, -0.15) is 0 Å². The van der Waals surface area contributed by atoms with Crippen LogP contribution in [0.2, 0.25) is 0 Å². The Hall–Kier alpha value is -2.48. The van der Waals surface area contributed by atoms with E-state index in [9.17, 15) is 4.79 Å². The second-order valence-corrected chi connectivity index (χ2v) is 6.07. The van der Waals surface area contributed by atoms with Crippen LogP contribution in [0.4, 0.5) is 0 Å². The molecule has 0 N–H and O–H groups in total. The van der Waals surface area contributed by atoms with E-state index >= 15 is 0 Å². The lowest BCUT2D eigenvalue weighted by Crippen LogP contribution is -2.31. The second kappa shape index (κ2) is 5.86. The molecule has 0 spiro atoms. The Bertz CT molecular complexity index is 762. The number of hydrogen-bond acceptors (Lipinski definition) is 7. The number of carbonyl (C=O) groups is 1. The molecule has 2 aliphatic heterocycles. The van der Waals surface area contributed by atoms with Gasteiger partial charge in [-0.3, -0.25) is 4.79 Å². The van der Waals surface area contributed by atoms with Crippen LogP contribution < -0.4 is 4.74 Å². The molecule has 8 heteroatoms. The van der Waals surface area contributed by atoms with Crippen LogP contribution in [0.3, 0.4) is 0 Å². The van der Waals surface area contributed by atoms with Crippen molar-refractivity contribution in [3.8, 4) is 5.88 Å². The van der Waals surface area contributed by atoms with E-state index in [2.05, 4.69) is 15.2 Å². The van der Waals surface area contributed by atoms with Gasteiger partial charge in [0, 0.05) is 32.1 Å². The molecule has 2 aromatic heterocycles. The highest BCUT2D eigenvalue weighted by molar-refractivity contribution is 5.96. The summed E-state index contributed by atoms with van der Waals surface area (Å²) in [6.45, 7) is 3.46. The van der Waals surface area contributed by atoms with Crippen molar-refractivity contribution in [3.05, 3.63) is 35.7 Å². The van der Waals surface area contributed by atoms with Gasteiger partial charge in [-0.1, -0.05) is 0 Å². The zero-order valence-electron chi connectivity index (χ0n) is 13.5. The van der Waals surface area contributed by atoms with Crippen LogP contribution in [0.15, 0.2) is 22.7 Å². The van der Waals surface area contributed by atoms with E-state index in [4.69, 9.17) is 13.9 Å². The number of likely N-dealkylation sites (tertiary alicyclic amines) is 1. The first kappa shape index (κ1) is 15.1. The lowest BCUT2D eigenvalue weighted by atomic mass is 9.93. The van der Waals surface area contributed by atoms with Crippen LogP contribution in [0.5, 0.6) is 5.88 Å². The quantitative estimate of drug-likeness (QED) is 0.830. The predicted octanol–water partition coefficient (Wildman–Crippen LogP) is 1.04. The maximum atomic E-state index is 12.8. The summed E-state index contributed by atoms with van der Waals surface area (Å²) in [5.74, 6) is 1.57. The van der Waals surface area contributed by atoms with Gasteiger partial charge in [0.15, 0.2) is 0 Å². The van der Waals surface area contributed by atoms with Crippen molar-refractivity contribution in [1.82, 2.24) is 20.1 Å². The highest BCUT2D eigenvalue weighted by Gasteiger charge is 2.48. The third-order valence-electron chi connectivity index (χ3n) is 4.66. The van der Waals surface area contributed by atoms with Gasteiger partial charge >= 0.3 is 0 Å². The Labute approximate surface area is 138 Å². The molecule has 24 heavy (non-hydrogen) atoms. The molecule has 0 radical (unpaired) electrons. The molecule has 2 aliphatic rings. The van der Waals surface area contributed by atoms with Gasteiger partial charge in [-0.05, 0) is 12.1 Å². The summed E-state index contributed by atoms with van der Waals surface area (Å²) >= 11 is 0. The molecule has 0 unspecified atom stereocenters. The lowest BCUT2D eigenvalue weighted by Gasteiger charge is -2.19. The van der Waals surface area contributed by atoms with Crippen molar-refractivity contribution in [2.75, 3.05) is 26.8 Å². The first-order chi connectivity index (χ1) is 11.7. The van der Waals surface area contributed by atoms with Crippen LogP contribution in [0.25, 0.3) is 0 Å². The number of ether oxygens (including phenoxy) is 2. The summed E-state index contributed by atoms with van der Waals surface area (Å²) in [5.41, 5.74) is 0.463. The summed E-state index contributed by atoms with van der Waals surface area (Å²) < 4.78 is 16.6. The summed E-state index contributed by atoms with van der Waals surface area (Å²) in [7, 11) is 1.51. The number of nitrogens with zero attached hydrogens (tertiary/aromatic N) is 4. The number of hydrogen-bond donors (Lipinski definition) is 0. The second-order valence-electron chi connectivity index (χ2n) is 6.07. The van der Waals surface area contributed by atoms with Gasteiger partial charge in [0.1, 0.15) is 5.56 Å². The molecule has 2 saturated heterocycles. The van der Waals surface area contributed by atoms with E-state index in [1.54, 1.807) is 30.2 Å². The number of aromatic nitrogens is 3. The number of methoxy groups -OCH3 is 1. The maximum absolute atomic E-state index is 12.8. The number of pyridine rings is 1. The average molecular weight is 330 g/mol. The van der Waals surface area contributed by atoms with Gasteiger partial charge < -0.3 is 18.8 Å². The first-order valence-corrected chi connectivity index (χ1v) is 7.87. The number of fused-ring (bicyclic) bond motifs is 1. The fraction of sp³-hybridized carbons (Fsp3) is 0.500. The van der Waals surface area contributed by atoms with E-state index in [0.29, 0.717) is 42.9 Å². The molecule has 126 valence electrons. The molecule has 0 saturated carbocycles. The van der Waals surface area contributed by atoms with Crippen molar-refractivity contribution >= 4 is 5.91 Å². The van der Waals surface area contributed by atoms with Gasteiger partial charge in [-0.15, -0.1) is 10.2 Å². The molecule has 0 aliphatic carbocycles. The van der Waals surface area contributed by atoms with Crippen LogP contribution in [-0.2, 0) is 4.74 Å². The van der Waals surface area contributed by atoms with Crippen molar-refractivity contribution < 1.29 is 18.7 Å². The minimum absolute atomic E-state index is 0.00572. The topological polar surface area (TPSA) is 90.6 Å². The van der Waals surface area contributed by atoms with Crippen LogP contribution in [0.1, 0.15) is 28.1 Å². The molecule has 0 bridgehead atoms. The molecule has 8 nitrogen and oxygen atoms in total. The normalized spacial score (nSPS) is 25.8. The van der Waals surface area contributed by atoms with Crippen molar-refractivity contribution in [2.45, 2.75) is 18.9 Å². The largest absolute Gasteiger partial charge is 0.480 e. The summed E-state index contributed by atoms with van der Waals surface area (Å²) in [6.07, 6.45) is 1.60. The predicted molar refractivity (Wildman–Crippen MR) is 81.7 cm³/mol. The fourth-order valence-corrected chi connectivity index (χ4v) is 3.48. The summed E-state index contributed by atoms with van der Waals surface area (Å²) in [6, 6.07) is 3.45. The number of rotatable bonds is 3. The Balaban J connectivity index is 1.53. The van der Waals surface area contributed by atoms with E-state index in [0.717, 1.165) is 0 Å². The Kier molecular flexibility index (Phi) is 3.68. The monoisotopic (exact) mass is 330 g/mol. The number of amides is 1. The Morgan fingerprint density at radius 1 is 1.38 bits per heavy atom. The molecule has 0 aromatic carbocycles. The SMILES string of the molecule is COc1ncccc1C(=O)N1C[C@@H]2[C@H](C1)OC[C@H]2c1nnc(C)o1. The van der Waals surface area contributed by atoms with E-state index in [1.807, 2.05) is 0 Å². The van der Waals surface area contributed by atoms with Gasteiger partial charge in [0.05, 0.1) is 25.7 Å². The first-order valence-electron chi connectivity index (χ1n) is 7.87. The average Bonchev–Trinajstić information content (AvgIpc) is 3.29. The van der Waals surface area contributed by atoms with E-state index in [-0.39, 0.29) is 23.8 Å². The molecular formula is C16H18N4O4. The summed E-state index contributed by atoms with van der Waals surface area (Å²) in [5, 5.41) is 8.01.